The molecule has 0 heterocycles. The van der Waals surface area contributed by atoms with Crippen LogP contribution in [0.15, 0.2) is 53.0 Å². The number of carbonyl (C=O) groups excluding carboxylic acids is 1. The number of amides is 1. The van der Waals surface area contributed by atoms with Crippen LogP contribution in [-0.2, 0) is 0 Å². The fourth-order valence-corrected chi connectivity index (χ4v) is 2.20. The number of hydrogen-bond donors (Lipinski definition) is 1. The number of halogens is 2. The Morgan fingerprint density at radius 3 is 2.67 bits per heavy atom. The van der Waals surface area contributed by atoms with Gasteiger partial charge in [-0.2, -0.15) is 0 Å². The smallest absolute Gasteiger partial charge is 0.252 e. The molecule has 0 fully saturated rings. The van der Waals surface area contributed by atoms with E-state index in [1.165, 1.54) is 12.1 Å². The molecule has 2 aromatic carbocycles. The zero-order chi connectivity index (χ0) is 15.1. The second-order valence-electron chi connectivity index (χ2n) is 4.37. The van der Waals surface area contributed by atoms with Gasteiger partial charge in [-0.15, -0.1) is 0 Å². The number of hydrogen-bond acceptors (Lipinski definition) is 2. The van der Waals surface area contributed by atoms with E-state index in [0.29, 0.717) is 25.1 Å². The maximum absolute atomic E-state index is 13.3. The molecule has 0 aromatic heterocycles. The molecule has 3 nitrogen and oxygen atoms in total. The van der Waals surface area contributed by atoms with Gasteiger partial charge in [0.1, 0.15) is 11.6 Å². The third-order valence-electron chi connectivity index (χ3n) is 2.81. The molecule has 0 unspecified atom stereocenters. The maximum Gasteiger partial charge on any atom is 0.252 e. The van der Waals surface area contributed by atoms with Gasteiger partial charge in [-0.05, 0) is 46.6 Å². The predicted octanol–water partition coefficient (Wildman–Crippen LogP) is 3.79. The highest BCUT2D eigenvalue weighted by molar-refractivity contribution is 9.10. The largest absolute Gasteiger partial charge is 0.494 e. The number of carbonyl (C=O) groups is 1. The van der Waals surface area contributed by atoms with E-state index in [9.17, 15) is 9.18 Å². The Labute approximate surface area is 131 Å². The summed E-state index contributed by atoms with van der Waals surface area (Å²) in [6, 6.07) is 13.9. The van der Waals surface area contributed by atoms with Crippen molar-refractivity contribution in [2.24, 2.45) is 0 Å². The Kier molecular flexibility index (Phi) is 5.75. The highest BCUT2D eigenvalue weighted by Crippen LogP contribution is 2.20. The first kappa shape index (κ1) is 15.5. The minimum atomic E-state index is -0.449. The standard InChI is InChI=1S/C16H15BrFNO2/c17-15-13(8-4-9-14(15)18)16(20)19-10-5-11-21-12-6-2-1-3-7-12/h1-4,6-9H,5,10-11H2,(H,19,20). The van der Waals surface area contributed by atoms with Gasteiger partial charge in [0.05, 0.1) is 16.6 Å². The molecule has 0 saturated heterocycles. The average Bonchev–Trinajstić information content (AvgIpc) is 2.50. The first-order valence-corrected chi connectivity index (χ1v) is 7.38. The number of nitrogens with one attached hydrogen (secondary N) is 1. The van der Waals surface area contributed by atoms with E-state index in [4.69, 9.17) is 4.74 Å². The number of benzene rings is 2. The lowest BCUT2D eigenvalue weighted by atomic mass is 10.2. The molecule has 1 N–H and O–H groups in total. The topological polar surface area (TPSA) is 38.3 Å². The number of ether oxygens (including phenoxy) is 1. The number of rotatable bonds is 6. The van der Waals surface area contributed by atoms with E-state index >= 15 is 0 Å². The fraction of sp³-hybridized carbons (Fsp3) is 0.188. The van der Waals surface area contributed by atoms with Crippen LogP contribution in [0.5, 0.6) is 5.75 Å². The maximum atomic E-state index is 13.3. The molecule has 5 heteroatoms. The molecular formula is C16H15BrFNO2. The summed E-state index contributed by atoms with van der Waals surface area (Å²) in [5, 5.41) is 2.74. The predicted molar refractivity (Wildman–Crippen MR) is 83.0 cm³/mol. The monoisotopic (exact) mass is 351 g/mol. The summed E-state index contributed by atoms with van der Waals surface area (Å²) in [5.74, 6) is 0.0489. The van der Waals surface area contributed by atoms with E-state index in [1.807, 2.05) is 30.3 Å². The van der Waals surface area contributed by atoms with Gasteiger partial charge in [0.15, 0.2) is 0 Å². The molecule has 0 radical (unpaired) electrons. The SMILES string of the molecule is O=C(NCCCOc1ccccc1)c1cccc(F)c1Br. The van der Waals surface area contributed by atoms with Crippen molar-refractivity contribution >= 4 is 21.8 Å². The van der Waals surface area contributed by atoms with Gasteiger partial charge in [0.25, 0.3) is 5.91 Å². The summed E-state index contributed by atoms with van der Waals surface area (Å²) in [4.78, 5) is 11.9. The van der Waals surface area contributed by atoms with Crippen LogP contribution in [0.2, 0.25) is 0 Å². The van der Waals surface area contributed by atoms with Gasteiger partial charge < -0.3 is 10.1 Å². The van der Waals surface area contributed by atoms with Gasteiger partial charge in [-0.3, -0.25) is 4.79 Å². The van der Waals surface area contributed by atoms with Crippen molar-refractivity contribution < 1.29 is 13.9 Å². The van der Waals surface area contributed by atoms with Crippen molar-refractivity contribution in [3.8, 4) is 5.75 Å². The normalized spacial score (nSPS) is 10.2. The Bertz CT molecular complexity index is 604. The van der Waals surface area contributed by atoms with E-state index in [0.717, 1.165) is 5.75 Å². The van der Waals surface area contributed by atoms with E-state index in [1.54, 1.807) is 6.07 Å². The molecule has 0 spiro atoms. The van der Waals surface area contributed by atoms with Gasteiger partial charge in [0.2, 0.25) is 0 Å². The minimum absolute atomic E-state index is 0.183. The Morgan fingerprint density at radius 1 is 1.14 bits per heavy atom. The highest BCUT2D eigenvalue weighted by Gasteiger charge is 2.12. The van der Waals surface area contributed by atoms with E-state index in [2.05, 4.69) is 21.2 Å². The second kappa shape index (κ2) is 7.78. The average molecular weight is 352 g/mol. The summed E-state index contributed by atoms with van der Waals surface area (Å²) < 4.78 is 19.0. The van der Waals surface area contributed by atoms with Gasteiger partial charge in [0, 0.05) is 6.54 Å². The lowest BCUT2D eigenvalue weighted by molar-refractivity contribution is 0.0950. The molecule has 2 aromatic rings. The third kappa shape index (κ3) is 4.56. The van der Waals surface area contributed by atoms with Crippen molar-refractivity contribution in [2.75, 3.05) is 13.2 Å². The summed E-state index contributed by atoms with van der Waals surface area (Å²) in [6.07, 6.45) is 0.674. The van der Waals surface area contributed by atoms with Crippen LogP contribution in [0, 0.1) is 5.82 Å². The van der Waals surface area contributed by atoms with Crippen LogP contribution in [-0.4, -0.2) is 19.1 Å². The van der Waals surface area contributed by atoms with Crippen molar-refractivity contribution in [2.45, 2.75) is 6.42 Å². The third-order valence-corrected chi connectivity index (χ3v) is 3.62. The zero-order valence-electron chi connectivity index (χ0n) is 11.3. The second-order valence-corrected chi connectivity index (χ2v) is 5.17. The van der Waals surface area contributed by atoms with Crippen LogP contribution >= 0.6 is 15.9 Å². The molecule has 2 rings (SSSR count). The first-order chi connectivity index (χ1) is 10.2. The van der Waals surface area contributed by atoms with Gasteiger partial charge >= 0.3 is 0 Å². The quantitative estimate of drug-likeness (QED) is 0.804. The van der Waals surface area contributed by atoms with Crippen molar-refractivity contribution in [3.63, 3.8) is 0 Å². The highest BCUT2D eigenvalue weighted by atomic mass is 79.9. The molecule has 0 aliphatic rings. The summed E-state index contributed by atoms with van der Waals surface area (Å²) in [6.45, 7) is 0.975. The lowest BCUT2D eigenvalue weighted by Gasteiger charge is -2.08. The Hall–Kier alpha value is -1.88. The molecule has 1 amide bonds. The van der Waals surface area contributed by atoms with Gasteiger partial charge in [-0.1, -0.05) is 24.3 Å². The Balaban J connectivity index is 1.73. The summed E-state index contributed by atoms with van der Waals surface area (Å²) in [5.41, 5.74) is 0.291. The summed E-state index contributed by atoms with van der Waals surface area (Å²) >= 11 is 3.07. The van der Waals surface area contributed by atoms with Crippen LogP contribution in [0.25, 0.3) is 0 Å². The van der Waals surface area contributed by atoms with Crippen LogP contribution in [0.3, 0.4) is 0 Å². The van der Waals surface area contributed by atoms with Gasteiger partial charge in [-0.25, -0.2) is 4.39 Å². The van der Waals surface area contributed by atoms with Crippen LogP contribution in [0.4, 0.5) is 4.39 Å². The molecule has 0 aliphatic carbocycles. The summed E-state index contributed by atoms with van der Waals surface area (Å²) in [7, 11) is 0. The molecule has 0 bridgehead atoms. The van der Waals surface area contributed by atoms with E-state index in [-0.39, 0.29) is 10.4 Å². The van der Waals surface area contributed by atoms with Crippen LogP contribution in [0.1, 0.15) is 16.8 Å². The van der Waals surface area contributed by atoms with Crippen molar-refractivity contribution in [3.05, 3.63) is 64.4 Å². The lowest BCUT2D eigenvalue weighted by Crippen LogP contribution is -2.26. The van der Waals surface area contributed by atoms with Crippen LogP contribution < -0.4 is 10.1 Å². The first-order valence-electron chi connectivity index (χ1n) is 6.58. The van der Waals surface area contributed by atoms with Crippen molar-refractivity contribution in [1.29, 1.82) is 0 Å². The van der Waals surface area contributed by atoms with Crippen molar-refractivity contribution in [1.82, 2.24) is 5.32 Å². The molecule has 21 heavy (non-hydrogen) atoms. The number of para-hydroxylation sites is 1. The molecule has 0 saturated carbocycles. The molecular weight excluding hydrogens is 337 g/mol. The minimum Gasteiger partial charge on any atom is -0.494 e. The Morgan fingerprint density at radius 2 is 1.90 bits per heavy atom. The fourth-order valence-electron chi connectivity index (χ4n) is 1.76. The van der Waals surface area contributed by atoms with E-state index < -0.39 is 5.82 Å². The molecule has 0 aliphatic heterocycles. The zero-order valence-corrected chi connectivity index (χ0v) is 12.9. The molecule has 0 atom stereocenters. The molecule has 110 valence electrons.